The zero-order valence-electron chi connectivity index (χ0n) is 16.4. The van der Waals surface area contributed by atoms with Crippen molar-refractivity contribution in [3.63, 3.8) is 0 Å². The van der Waals surface area contributed by atoms with Gasteiger partial charge >= 0.3 is 5.69 Å². The zero-order valence-corrected chi connectivity index (χ0v) is 17.3. The molecule has 0 fully saturated rings. The Kier molecular flexibility index (Phi) is 5.58. The molecule has 8 heteroatoms. The summed E-state index contributed by atoms with van der Waals surface area (Å²) in [6.07, 6.45) is 3.04. The fraction of sp³-hybridized carbons (Fsp3) is 0.136. The lowest BCUT2D eigenvalue weighted by Crippen LogP contribution is -2.03. The molecule has 0 atom stereocenters. The first-order valence-electron chi connectivity index (χ1n) is 9.41. The van der Waals surface area contributed by atoms with Gasteiger partial charge in [-0.15, -0.1) is 0 Å². The molecule has 0 aliphatic rings. The van der Waals surface area contributed by atoms with Gasteiger partial charge in [0.2, 0.25) is 5.82 Å². The number of nitro groups is 1. The summed E-state index contributed by atoms with van der Waals surface area (Å²) in [4.78, 5) is 25.0. The van der Waals surface area contributed by atoms with E-state index in [9.17, 15) is 10.1 Å². The Bertz CT molecular complexity index is 1210. The highest BCUT2D eigenvalue weighted by Gasteiger charge is 2.24. The van der Waals surface area contributed by atoms with Crippen LogP contribution in [0.4, 0.5) is 17.2 Å². The summed E-state index contributed by atoms with van der Waals surface area (Å²) in [7, 11) is 0. The molecule has 7 nitrogen and oxygen atoms in total. The first-order chi connectivity index (χ1) is 14.5. The smallest absolute Gasteiger partial charge is 0.334 e. The van der Waals surface area contributed by atoms with Gasteiger partial charge in [-0.25, -0.2) is 9.97 Å². The number of anilines is 2. The number of aromatic nitrogens is 3. The summed E-state index contributed by atoms with van der Waals surface area (Å²) < 4.78 is 0. The van der Waals surface area contributed by atoms with Gasteiger partial charge in [0.1, 0.15) is 6.33 Å². The normalized spacial score (nSPS) is 11.0. The minimum Gasteiger partial charge on any atom is -0.334 e. The molecule has 150 valence electrons. The molecule has 1 N–H and O–H groups in total. The van der Waals surface area contributed by atoms with Crippen LogP contribution in [0.15, 0.2) is 77.0 Å². The summed E-state index contributed by atoms with van der Waals surface area (Å²) in [6, 6.07) is 17.3. The second-order valence-electron chi connectivity index (χ2n) is 6.97. The zero-order chi connectivity index (χ0) is 21.1. The van der Waals surface area contributed by atoms with E-state index in [0.29, 0.717) is 5.92 Å². The molecule has 30 heavy (non-hydrogen) atoms. The summed E-state index contributed by atoms with van der Waals surface area (Å²) in [5.74, 6) is 0.563. The molecule has 0 bridgehead atoms. The highest BCUT2D eigenvalue weighted by molar-refractivity contribution is 7.99. The van der Waals surface area contributed by atoms with Gasteiger partial charge in [0, 0.05) is 22.2 Å². The highest BCUT2D eigenvalue weighted by Crippen LogP contribution is 2.39. The summed E-state index contributed by atoms with van der Waals surface area (Å²) >= 11 is 1.21. The summed E-state index contributed by atoms with van der Waals surface area (Å²) in [5, 5.41) is 16.2. The van der Waals surface area contributed by atoms with Gasteiger partial charge in [-0.05, 0) is 35.7 Å². The number of pyridine rings is 1. The van der Waals surface area contributed by atoms with Gasteiger partial charge in [-0.1, -0.05) is 55.9 Å². The number of benzene rings is 2. The van der Waals surface area contributed by atoms with Crippen molar-refractivity contribution in [1.29, 1.82) is 0 Å². The molecule has 4 aromatic rings. The van der Waals surface area contributed by atoms with Crippen LogP contribution in [0, 0.1) is 10.1 Å². The Morgan fingerprint density at radius 2 is 1.77 bits per heavy atom. The van der Waals surface area contributed by atoms with Gasteiger partial charge in [-0.3, -0.25) is 15.1 Å². The van der Waals surface area contributed by atoms with Crippen molar-refractivity contribution in [3.8, 4) is 0 Å². The molecular formula is C22H19N5O2S. The fourth-order valence-electron chi connectivity index (χ4n) is 3.04. The highest BCUT2D eigenvalue weighted by atomic mass is 32.2. The largest absolute Gasteiger partial charge is 0.343 e. The van der Waals surface area contributed by atoms with Crippen LogP contribution in [0.25, 0.3) is 10.9 Å². The van der Waals surface area contributed by atoms with E-state index in [4.69, 9.17) is 0 Å². The third-order valence-electron chi connectivity index (χ3n) is 4.61. The molecule has 0 spiro atoms. The van der Waals surface area contributed by atoms with E-state index in [2.05, 4.69) is 34.1 Å². The van der Waals surface area contributed by atoms with Gasteiger partial charge in [-0.2, -0.15) is 0 Å². The number of hydrogen-bond acceptors (Lipinski definition) is 7. The van der Waals surface area contributed by atoms with E-state index in [-0.39, 0.29) is 16.5 Å². The van der Waals surface area contributed by atoms with E-state index >= 15 is 0 Å². The lowest BCUT2D eigenvalue weighted by Gasteiger charge is -2.10. The number of para-hydroxylation sites is 1. The monoisotopic (exact) mass is 417 g/mol. The van der Waals surface area contributed by atoms with Crippen molar-refractivity contribution in [2.75, 3.05) is 5.32 Å². The van der Waals surface area contributed by atoms with Crippen LogP contribution in [0.5, 0.6) is 0 Å². The Balaban J connectivity index is 1.70. The van der Waals surface area contributed by atoms with Gasteiger partial charge in [0.15, 0.2) is 5.03 Å². The second kappa shape index (κ2) is 8.46. The van der Waals surface area contributed by atoms with Crippen molar-refractivity contribution >= 4 is 39.9 Å². The minimum absolute atomic E-state index is 0.156. The number of fused-ring (bicyclic) bond motifs is 1. The molecule has 0 unspecified atom stereocenters. The van der Waals surface area contributed by atoms with Crippen LogP contribution in [-0.2, 0) is 0 Å². The van der Waals surface area contributed by atoms with Gasteiger partial charge in [0.05, 0.1) is 10.4 Å². The standard InChI is InChI=1S/C22H19N5O2S/c1-14(2)15-8-10-17(11-9-15)26-21-20(27(28)29)22(25-13-24-21)30-18-7-3-5-16-6-4-12-23-19(16)18/h3-14H,1-2H3,(H,24,25,26). The average Bonchev–Trinajstić information content (AvgIpc) is 2.74. The predicted molar refractivity (Wildman–Crippen MR) is 118 cm³/mol. The van der Waals surface area contributed by atoms with Crippen molar-refractivity contribution in [2.45, 2.75) is 29.7 Å². The summed E-state index contributed by atoms with van der Waals surface area (Å²) in [5.41, 5.74) is 2.53. The Hall–Kier alpha value is -3.52. The Morgan fingerprint density at radius 3 is 2.50 bits per heavy atom. The van der Waals surface area contributed by atoms with Crippen LogP contribution in [0.1, 0.15) is 25.3 Å². The van der Waals surface area contributed by atoms with E-state index < -0.39 is 4.92 Å². The maximum Gasteiger partial charge on any atom is 0.343 e. The van der Waals surface area contributed by atoms with E-state index in [1.165, 1.54) is 23.7 Å². The molecular weight excluding hydrogens is 398 g/mol. The Labute approximate surface area is 177 Å². The molecule has 2 heterocycles. The molecule has 2 aromatic heterocycles. The van der Waals surface area contributed by atoms with E-state index in [0.717, 1.165) is 21.5 Å². The van der Waals surface area contributed by atoms with Crippen LogP contribution in [-0.4, -0.2) is 19.9 Å². The average molecular weight is 417 g/mol. The molecule has 2 aromatic carbocycles. The van der Waals surface area contributed by atoms with Crippen molar-refractivity contribution in [2.24, 2.45) is 0 Å². The fourth-order valence-corrected chi connectivity index (χ4v) is 4.03. The number of hydrogen-bond donors (Lipinski definition) is 1. The summed E-state index contributed by atoms with van der Waals surface area (Å²) in [6.45, 7) is 4.23. The molecule has 0 aliphatic carbocycles. The van der Waals surface area contributed by atoms with E-state index in [1.807, 2.05) is 54.6 Å². The molecule has 0 amide bonds. The quantitative estimate of drug-likeness (QED) is 0.235. The van der Waals surface area contributed by atoms with Gasteiger partial charge in [0.25, 0.3) is 0 Å². The molecule has 0 radical (unpaired) electrons. The third-order valence-corrected chi connectivity index (χ3v) is 5.66. The van der Waals surface area contributed by atoms with Crippen molar-refractivity contribution in [1.82, 2.24) is 15.0 Å². The maximum absolute atomic E-state index is 11.9. The maximum atomic E-state index is 11.9. The van der Waals surface area contributed by atoms with Crippen molar-refractivity contribution in [3.05, 3.63) is 82.8 Å². The van der Waals surface area contributed by atoms with Crippen LogP contribution < -0.4 is 5.32 Å². The van der Waals surface area contributed by atoms with Crippen LogP contribution in [0.3, 0.4) is 0 Å². The SMILES string of the molecule is CC(C)c1ccc(Nc2ncnc(Sc3cccc4cccnc34)c2[N+](=O)[O-])cc1. The lowest BCUT2D eigenvalue weighted by atomic mass is 10.0. The molecule has 0 saturated carbocycles. The minimum atomic E-state index is -0.453. The van der Waals surface area contributed by atoms with Crippen molar-refractivity contribution < 1.29 is 4.92 Å². The van der Waals surface area contributed by atoms with E-state index in [1.54, 1.807) is 6.20 Å². The number of nitrogens with one attached hydrogen (secondary N) is 1. The Morgan fingerprint density at radius 1 is 1.00 bits per heavy atom. The molecule has 0 aliphatic heterocycles. The predicted octanol–water partition coefficient (Wildman–Crippen LogP) is 5.95. The van der Waals surface area contributed by atoms with Crippen LogP contribution in [0.2, 0.25) is 0 Å². The third kappa shape index (κ3) is 4.08. The second-order valence-corrected chi connectivity index (χ2v) is 8.00. The number of nitrogens with zero attached hydrogens (tertiary/aromatic N) is 4. The first kappa shape index (κ1) is 19.8. The molecule has 0 saturated heterocycles. The van der Waals surface area contributed by atoms with Crippen LogP contribution >= 0.6 is 11.8 Å². The number of rotatable bonds is 6. The first-order valence-corrected chi connectivity index (χ1v) is 10.2. The molecule has 4 rings (SSSR count). The van der Waals surface area contributed by atoms with Gasteiger partial charge < -0.3 is 5.32 Å². The topological polar surface area (TPSA) is 93.8 Å². The lowest BCUT2D eigenvalue weighted by molar-refractivity contribution is -0.387.